The molecule has 0 saturated carbocycles. The lowest BCUT2D eigenvalue weighted by Gasteiger charge is -2.10. The van der Waals surface area contributed by atoms with Crippen LogP contribution in [0.4, 0.5) is 0 Å². The Balaban J connectivity index is 2.71. The molecule has 4 nitrogen and oxygen atoms in total. The fourth-order valence-electron chi connectivity index (χ4n) is 1.74. The van der Waals surface area contributed by atoms with Gasteiger partial charge in [0.1, 0.15) is 0 Å². The fourth-order valence-corrected chi connectivity index (χ4v) is 2.53. The minimum atomic E-state index is -0.505. The Kier molecular flexibility index (Phi) is 4.61. The summed E-state index contributed by atoms with van der Waals surface area (Å²) in [6, 6.07) is 4.49. The van der Waals surface area contributed by atoms with Crippen molar-refractivity contribution in [3.8, 4) is 5.69 Å². The summed E-state index contributed by atoms with van der Waals surface area (Å²) in [5.41, 5.74) is 0.0289. The van der Waals surface area contributed by atoms with Gasteiger partial charge in [0.2, 0.25) is 0 Å². The number of halogens is 3. The fraction of sp³-hybridized carbons (Fsp3) is 0.231. The lowest BCUT2D eigenvalue weighted by atomic mass is 10.1. The van der Waals surface area contributed by atoms with Crippen molar-refractivity contribution < 1.29 is 0 Å². The first-order valence-corrected chi connectivity index (χ1v) is 7.66. The molecule has 1 aromatic carbocycles. The van der Waals surface area contributed by atoms with E-state index in [0.717, 1.165) is 4.57 Å². The number of aromatic nitrogens is 2. The highest BCUT2D eigenvalue weighted by molar-refractivity contribution is 14.1. The van der Waals surface area contributed by atoms with E-state index in [9.17, 15) is 9.59 Å². The van der Waals surface area contributed by atoms with Crippen LogP contribution in [0.3, 0.4) is 0 Å². The molecule has 0 aliphatic rings. The van der Waals surface area contributed by atoms with Crippen LogP contribution in [0.25, 0.3) is 5.69 Å². The third-order valence-electron chi connectivity index (χ3n) is 2.80. The number of rotatable bonds is 2. The zero-order valence-electron chi connectivity index (χ0n) is 10.7. The van der Waals surface area contributed by atoms with Crippen LogP contribution in [-0.2, 0) is 0 Å². The molecular weight excluding hydrogens is 414 g/mol. The highest BCUT2D eigenvalue weighted by Gasteiger charge is 2.12. The summed E-state index contributed by atoms with van der Waals surface area (Å²) >= 11 is 14.1. The molecule has 0 unspecified atom stereocenters. The van der Waals surface area contributed by atoms with Crippen LogP contribution in [-0.4, -0.2) is 9.55 Å². The van der Waals surface area contributed by atoms with Gasteiger partial charge in [-0.2, -0.15) is 0 Å². The summed E-state index contributed by atoms with van der Waals surface area (Å²) in [7, 11) is 0. The first kappa shape index (κ1) is 15.6. The van der Waals surface area contributed by atoms with Crippen molar-refractivity contribution in [1.82, 2.24) is 9.55 Å². The second kappa shape index (κ2) is 5.91. The first-order valence-electron chi connectivity index (χ1n) is 5.82. The van der Waals surface area contributed by atoms with Crippen LogP contribution < -0.4 is 11.2 Å². The lowest BCUT2D eigenvalue weighted by Crippen LogP contribution is -2.34. The molecular formula is C13H11Cl2IN2O2. The van der Waals surface area contributed by atoms with Gasteiger partial charge in [-0.25, -0.2) is 9.36 Å². The number of nitrogens with zero attached hydrogens (tertiary/aromatic N) is 1. The molecule has 1 heterocycles. The van der Waals surface area contributed by atoms with Gasteiger partial charge in [0.25, 0.3) is 5.56 Å². The van der Waals surface area contributed by atoms with Gasteiger partial charge in [0.05, 0.1) is 19.3 Å². The molecule has 1 aromatic heterocycles. The van der Waals surface area contributed by atoms with E-state index < -0.39 is 11.2 Å². The smallest absolute Gasteiger partial charge is 0.310 e. The van der Waals surface area contributed by atoms with Gasteiger partial charge >= 0.3 is 5.69 Å². The second-order valence-electron chi connectivity index (χ2n) is 4.58. The molecule has 2 rings (SSSR count). The topological polar surface area (TPSA) is 54.9 Å². The number of hydrogen-bond donors (Lipinski definition) is 1. The molecule has 2 aromatic rings. The average molecular weight is 425 g/mol. The Hall–Kier alpha value is -0.790. The van der Waals surface area contributed by atoms with Crippen molar-refractivity contribution in [3.63, 3.8) is 0 Å². The van der Waals surface area contributed by atoms with Crippen LogP contribution in [0.15, 0.2) is 27.8 Å². The van der Waals surface area contributed by atoms with E-state index in [-0.39, 0.29) is 5.92 Å². The minimum Gasteiger partial charge on any atom is -0.310 e. The van der Waals surface area contributed by atoms with Crippen molar-refractivity contribution >= 4 is 45.8 Å². The molecule has 0 aliphatic heterocycles. The Labute approximate surface area is 138 Å². The number of H-pyrrole nitrogens is 1. The van der Waals surface area contributed by atoms with Gasteiger partial charge in [0, 0.05) is 11.8 Å². The molecule has 0 atom stereocenters. The maximum absolute atomic E-state index is 12.1. The highest BCUT2D eigenvalue weighted by Crippen LogP contribution is 2.28. The molecule has 106 valence electrons. The highest BCUT2D eigenvalue weighted by atomic mass is 127. The summed E-state index contributed by atoms with van der Waals surface area (Å²) in [4.78, 5) is 26.9. The summed E-state index contributed by atoms with van der Waals surface area (Å²) in [6.45, 7) is 3.79. The predicted octanol–water partition coefficient (Wildman–Crippen LogP) is 3.56. The monoisotopic (exact) mass is 424 g/mol. The maximum atomic E-state index is 12.1. The molecule has 1 N–H and O–H groups in total. The molecule has 0 spiro atoms. The van der Waals surface area contributed by atoms with Gasteiger partial charge in [-0.05, 0) is 40.6 Å². The van der Waals surface area contributed by atoms with E-state index in [4.69, 9.17) is 23.2 Å². The summed E-state index contributed by atoms with van der Waals surface area (Å²) in [6.07, 6.45) is 0. The Morgan fingerprint density at radius 3 is 2.15 bits per heavy atom. The van der Waals surface area contributed by atoms with Gasteiger partial charge in [-0.15, -0.1) is 0 Å². The van der Waals surface area contributed by atoms with E-state index in [1.165, 1.54) is 6.07 Å². The quantitative estimate of drug-likeness (QED) is 0.591. The molecule has 0 saturated heterocycles. The molecule has 0 fully saturated rings. The molecule has 20 heavy (non-hydrogen) atoms. The number of benzene rings is 1. The van der Waals surface area contributed by atoms with Crippen LogP contribution in [0, 0.1) is 3.57 Å². The van der Waals surface area contributed by atoms with E-state index in [1.54, 1.807) is 12.1 Å². The van der Waals surface area contributed by atoms with Crippen molar-refractivity contribution in [2.24, 2.45) is 0 Å². The third-order valence-corrected chi connectivity index (χ3v) is 5.20. The Morgan fingerprint density at radius 2 is 1.70 bits per heavy atom. The van der Waals surface area contributed by atoms with Crippen molar-refractivity contribution in [3.05, 3.63) is 58.3 Å². The number of hydrogen-bond acceptors (Lipinski definition) is 2. The lowest BCUT2D eigenvalue weighted by molar-refractivity contribution is 0.765. The van der Waals surface area contributed by atoms with Crippen LogP contribution >= 0.6 is 45.8 Å². The van der Waals surface area contributed by atoms with Crippen molar-refractivity contribution in [2.45, 2.75) is 19.8 Å². The predicted molar refractivity (Wildman–Crippen MR) is 89.5 cm³/mol. The van der Waals surface area contributed by atoms with Gasteiger partial charge < -0.3 is 4.98 Å². The Bertz CT molecular complexity index is 726. The van der Waals surface area contributed by atoms with E-state index in [2.05, 4.69) is 4.98 Å². The maximum Gasteiger partial charge on any atom is 0.333 e. The number of nitrogens with one attached hydrogen (secondary N) is 1. The summed E-state index contributed by atoms with van der Waals surface area (Å²) in [5.74, 6) is 0.0638. The van der Waals surface area contributed by atoms with Crippen LogP contribution in [0.2, 0.25) is 10.0 Å². The molecule has 7 heteroatoms. The van der Waals surface area contributed by atoms with E-state index in [1.807, 2.05) is 36.4 Å². The molecule has 0 radical (unpaired) electrons. The normalized spacial score (nSPS) is 11.1. The van der Waals surface area contributed by atoms with Crippen molar-refractivity contribution in [1.29, 1.82) is 0 Å². The molecule has 0 amide bonds. The molecule has 0 aliphatic carbocycles. The Morgan fingerprint density at radius 1 is 1.15 bits per heavy atom. The largest absolute Gasteiger partial charge is 0.333 e. The van der Waals surface area contributed by atoms with Gasteiger partial charge in [0.15, 0.2) is 0 Å². The molecule has 0 bridgehead atoms. The zero-order valence-corrected chi connectivity index (χ0v) is 14.4. The van der Waals surface area contributed by atoms with Crippen LogP contribution in [0.1, 0.15) is 25.5 Å². The summed E-state index contributed by atoms with van der Waals surface area (Å²) < 4.78 is 1.69. The van der Waals surface area contributed by atoms with Crippen molar-refractivity contribution in [2.75, 3.05) is 0 Å². The third kappa shape index (κ3) is 2.94. The summed E-state index contributed by atoms with van der Waals surface area (Å²) in [5, 5.41) is 0.791. The zero-order chi connectivity index (χ0) is 15.0. The van der Waals surface area contributed by atoms with Gasteiger partial charge in [-0.3, -0.25) is 4.79 Å². The van der Waals surface area contributed by atoms with Crippen LogP contribution in [0.5, 0.6) is 0 Å². The standard InChI is InChI=1S/C13H11Cl2IN2O2/c1-6(2)10-5-11(19)18(13(20)17-10)7-3-8(14)12(16)9(15)4-7/h3-6H,1-2H3,(H,17,20). The SMILES string of the molecule is CC(C)c1cc(=O)n(-c2cc(Cl)c(I)c(Cl)c2)c(=O)[nH]1. The minimum absolute atomic E-state index is 0.0638. The van der Waals surface area contributed by atoms with Gasteiger partial charge in [-0.1, -0.05) is 37.0 Å². The number of aromatic amines is 1. The first-order chi connectivity index (χ1) is 9.31. The average Bonchev–Trinajstić information content (AvgIpc) is 2.34. The van der Waals surface area contributed by atoms with E-state index >= 15 is 0 Å². The van der Waals surface area contributed by atoms with E-state index in [0.29, 0.717) is 25.0 Å². The second-order valence-corrected chi connectivity index (χ2v) is 6.47.